The van der Waals surface area contributed by atoms with Gasteiger partial charge in [-0.05, 0) is 20.8 Å². The maximum absolute atomic E-state index is 11.7. The monoisotopic (exact) mass is 243 g/mol. The molecule has 1 fully saturated rings. The molecule has 0 unspecified atom stereocenters. The Morgan fingerprint density at radius 2 is 1.82 bits per heavy atom. The van der Waals surface area contributed by atoms with E-state index < -0.39 is 0 Å². The number of carbonyl (C=O) groups excluding carboxylic acids is 2. The number of rotatable bonds is 2. The molecule has 1 heterocycles. The molecule has 0 aliphatic carbocycles. The molecular weight excluding hydrogens is 222 g/mol. The minimum atomic E-state index is -0.320. The first-order valence-electron chi connectivity index (χ1n) is 5.80. The quantitative estimate of drug-likeness (QED) is 0.714. The summed E-state index contributed by atoms with van der Waals surface area (Å²) < 4.78 is 5.15. The molecule has 0 aromatic carbocycles. The summed E-state index contributed by atoms with van der Waals surface area (Å²) in [6.07, 6.45) is 0. The molecule has 1 saturated heterocycles. The zero-order valence-corrected chi connectivity index (χ0v) is 10.7. The van der Waals surface area contributed by atoms with Crippen molar-refractivity contribution in [2.75, 3.05) is 32.8 Å². The summed E-state index contributed by atoms with van der Waals surface area (Å²) in [6.45, 7) is 8.02. The van der Waals surface area contributed by atoms with Crippen molar-refractivity contribution >= 4 is 11.9 Å². The molecular formula is C11H21N3O3. The van der Waals surface area contributed by atoms with E-state index in [2.05, 4.69) is 10.6 Å². The van der Waals surface area contributed by atoms with E-state index in [4.69, 9.17) is 4.74 Å². The van der Waals surface area contributed by atoms with Crippen molar-refractivity contribution in [2.24, 2.45) is 0 Å². The molecule has 6 heteroatoms. The first-order chi connectivity index (χ1) is 7.88. The van der Waals surface area contributed by atoms with Crippen LogP contribution < -0.4 is 10.6 Å². The highest BCUT2D eigenvalue weighted by Crippen LogP contribution is 1.98. The van der Waals surface area contributed by atoms with Gasteiger partial charge in [-0.3, -0.25) is 4.79 Å². The van der Waals surface area contributed by atoms with E-state index >= 15 is 0 Å². The zero-order valence-electron chi connectivity index (χ0n) is 10.7. The van der Waals surface area contributed by atoms with Crippen LogP contribution >= 0.6 is 0 Å². The molecule has 3 amide bonds. The lowest BCUT2D eigenvalue weighted by molar-refractivity contribution is -0.134. The molecule has 2 N–H and O–H groups in total. The molecule has 0 radical (unpaired) electrons. The van der Waals surface area contributed by atoms with Crippen molar-refractivity contribution in [1.29, 1.82) is 0 Å². The van der Waals surface area contributed by atoms with Gasteiger partial charge in [0.1, 0.15) is 0 Å². The molecule has 1 aliphatic rings. The Bertz CT molecular complexity index is 280. The highest BCUT2D eigenvalue weighted by molar-refractivity contribution is 5.84. The zero-order chi connectivity index (χ0) is 12.9. The van der Waals surface area contributed by atoms with Crippen LogP contribution in [0.3, 0.4) is 0 Å². The van der Waals surface area contributed by atoms with Crippen LogP contribution in [-0.2, 0) is 9.53 Å². The van der Waals surface area contributed by atoms with Gasteiger partial charge in [-0.1, -0.05) is 0 Å². The van der Waals surface area contributed by atoms with Crippen LogP contribution in [0.1, 0.15) is 20.8 Å². The number of nitrogens with one attached hydrogen (secondary N) is 2. The number of nitrogens with zero attached hydrogens (tertiary/aromatic N) is 1. The number of carbonyl (C=O) groups is 2. The summed E-state index contributed by atoms with van der Waals surface area (Å²) in [7, 11) is 0. The molecule has 0 atom stereocenters. The largest absolute Gasteiger partial charge is 0.378 e. The Balaban J connectivity index is 2.25. The average Bonchev–Trinajstić information content (AvgIpc) is 2.25. The summed E-state index contributed by atoms with van der Waals surface area (Å²) in [6, 6.07) is -0.320. The van der Waals surface area contributed by atoms with Crippen molar-refractivity contribution in [2.45, 2.75) is 26.3 Å². The van der Waals surface area contributed by atoms with Gasteiger partial charge in [0.15, 0.2) is 0 Å². The SMILES string of the molecule is CC(C)(C)NC(=O)NCC(=O)N1CCOCC1. The van der Waals surface area contributed by atoms with Crippen LogP contribution in [0.15, 0.2) is 0 Å². The number of ether oxygens (including phenoxy) is 1. The predicted molar refractivity (Wildman–Crippen MR) is 63.7 cm³/mol. The minimum absolute atomic E-state index is 0.0297. The molecule has 98 valence electrons. The Kier molecular flexibility index (Phi) is 4.74. The van der Waals surface area contributed by atoms with Gasteiger partial charge in [0.25, 0.3) is 0 Å². The van der Waals surface area contributed by atoms with Crippen LogP contribution in [0.5, 0.6) is 0 Å². The van der Waals surface area contributed by atoms with Gasteiger partial charge in [-0.25, -0.2) is 4.79 Å². The van der Waals surface area contributed by atoms with Crippen molar-refractivity contribution in [1.82, 2.24) is 15.5 Å². The first kappa shape index (κ1) is 13.8. The fourth-order valence-corrected chi connectivity index (χ4v) is 1.47. The molecule has 0 aromatic heterocycles. The second-order valence-electron chi connectivity index (χ2n) is 5.05. The Labute approximate surface area is 102 Å². The summed E-state index contributed by atoms with van der Waals surface area (Å²) >= 11 is 0. The lowest BCUT2D eigenvalue weighted by Crippen LogP contribution is -2.50. The second kappa shape index (κ2) is 5.86. The Hall–Kier alpha value is -1.30. The van der Waals surface area contributed by atoms with E-state index in [1.165, 1.54) is 0 Å². The van der Waals surface area contributed by atoms with Gasteiger partial charge in [0.05, 0.1) is 19.8 Å². The molecule has 0 spiro atoms. The van der Waals surface area contributed by atoms with Gasteiger partial charge >= 0.3 is 6.03 Å². The predicted octanol–water partition coefficient (Wildman–Crippen LogP) is -0.0571. The number of morpholine rings is 1. The molecule has 1 rings (SSSR count). The molecule has 0 aromatic rings. The third kappa shape index (κ3) is 5.53. The average molecular weight is 243 g/mol. The standard InChI is InChI=1S/C11H21N3O3/c1-11(2,3)13-10(16)12-8-9(15)14-4-6-17-7-5-14/h4-8H2,1-3H3,(H2,12,13,16). The van der Waals surface area contributed by atoms with Gasteiger partial charge in [0, 0.05) is 18.6 Å². The lowest BCUT2D eigenvalue weighted by Gasteiger charge is -2.27. The third-order valence-corrected chi connectivity index (χ3v) is 2.25. The number of urea groups is 1. The van der Waals surface area contributed by atoms with Crippen LogP contribution in [0, 0.1) is 0 Å². The van der Waals surface area contributed by atoms with Crippen LogP contribution in [-0.4, -0.2) is 55.2 Å². The van der Waals surface area contributed by atoms with Crippen molar-refractivity contribution < 1.29 is 14.3 Å². The van der Waals surface area contributed by atoms with E-state index in [0.717, 1.165) is 0 Å². The van der Waals surface area contributed by atoms with E-state index in [0.29, 0.717) is 26.3 Å². The summed E-state index contributed by atoms with van der Waals surface area (Å²) in [4.78, 5) is 24.8. The van der Waals surface area contributed by atoms with Crippen molar-refractivity contribution in [3.05, 3.63) is 0 Å². The highest BCUT2D eigenvalue weighted by atomic mass is 16.5. The fraction of sp³-hybridized carbons (Fsp3) is 0.818. The first-order valence-corrected chi connectivity index (χ1v) is 5.80. The van der Waals surface area contributed by atoms with E-state index in [9.17, 15) is 9.59 Å². The fourth-order valence-electron chi connectivity index (χ4n) is 1.47. The molecule has 17 heavy (non-hydrogen) atoms. The Morgan fingerprint density at radius 3 is 2.35 bits per heavy atom. The Morgan fingerprint density at radius 1 is 1.24 bits per heavy atom. The highest BCUT2D eigenvalue weighted by Gasteiger charge is 2.18. The van der Waals surface area contributed by atoms with Gasteiger partial charge < -0.3 is 20.3 Å². The number of amides is 3. The number of hydrogen-bond donors (Lipinski definition) is 2. The van der Waals surface area contributed by atoms with Gasteiger partial charge in [0.2, 0.25) is 5.91 Å². The van der Waals surface area contributed by atoms with Crippen LogP contribution in [0.2, 0.25) is 0 Å². The van der Waals surface area contributed by atoms with Crippen LogP contribution in [0.25, 0.3) is 0 Å². The summed E-state index contributed by atoms with van der Waals surface area (Å²) in [5.41, 5.74) is -0.300. The second-order valence-corrected chi connectivity index (χ2v) is 5.05. The minimum Gasteiger partial charge on any atom is -0.378 e. The van der Waals surface area contributed by atoms with Crippen LogP contribution in [0.4, 0.5) is 4.79 Å². The molecule has 0 saturated carbocycles. The van der Waals surface area contributed by atoms with E-state index in [-0.39, 0.29) is 24.0 Å². The van der Waals surface area contributed by atoms with Crippen molar-refractivity contribution in [3.63, 3.8) is 0 Å². The molecule has 6 nitrogen and oxygen atoms in total. The normalized spacial score (nSPS) is 16.5. The molecule has 1 aliphatic heterocycles. The van der Waals surface area contributed by atoms with Crippen molar-refractivity contribution in [3.8, 4) is 0 Å². The summed E-state index contributed by atoms with van der Waals surface area (Å²) in [5, 5.41) is 5.29. The maximum atomic E-state index is 11.7. The van der Waals surface area contributed by atoms with Gasteiger partial charge in [-0.15, -0.1) is 0 Å². The number of hydrogen-bond acceptors (Lipinski definition) is 3. The maximum Gasteiger partial charge on any atom is 0.315 e. The van der Waals surface area contributed by atoms with Gasteiger partial charge in [-0.2, -0.15) is 0 Å². The molecule has 0 bridgehead atoms. The third-order valence-electron chi connectivity index (χ3n) is 2.25. The van der Waals surface area contributed by atoms with E-state index in [1.54, 1.807) is 4.90 Å². The van der Waals surface area contributed by atoms with E-state index in [1.807, 2.05) is 20.8 Å². The lowest BCUT2D eigenvalue weighted by atomic mass is 10.1. The summed E-state index contributed by atoms with van der Waals surface area (Å²) in [5.74, 6) is -0.0719. The smallest absolute Gasteiger partial charge is 0.315 e. The topological polar surface area (TPSA) is 70.7 Å².